The molecule has 4 heteroatoms. The average Bonchev–Trinajstić information content (AvgIpc) is 2.39. The summed E-state index contributed by atoms with van der Waals surface area (Å²) in [5.41, 5.74) is 3.03. The fourth-order valence-electron chi connectivity index (χ4n) is 2.54. The monoisotopic (exact) mass is 262 g/mol. The van der Waals surface area contributed by atoms with E-state index in [4.69, 9.17) is 5.11 Å². The molecule has 0 saturated carbocycles. The second kappa shape index (κ2) is 6.17. The number of nitrogens with zero attached hydrogens (tertiary/aromatic N) is 2. The van der Waals surface area contributed by atoms with Crippen molar-refractivity contribution in [3.05, 3.63) is 34.9 Å². The summed E-state index contributed by atoms with van der Waals surface area (Å²) in [6, 6.07) is 5.96. The van der Waals surface area contributed by atoms with Crippen LogP contribution in [-0.2, 0) is 0 Å². The second-order valence-electron chi connectivity index (χ2n) is 5.18. The van der Waals surface area contributed by atoms with Crippen molar-refractivity contribution >= 4 is 5.91 Å². The summed E-state index contributed by atoms with van der Waals surface area (Å²) in [6.07, 6.45) is 0. The van der Waals surface area contributed by atoms with Crippen LogP contribution < -0.4 is 0 Å². The number of amides is 1. The predicted molar refractivity (Wildman–Crippen MR) is 75.3 cm³/mol. The molecular weight excluding hydrogens is 240 g/mol. The highest BCUT2D eigenvalue weighted by Gasteiger charge is 2.22. The number of aliphatic hydroxyl groups is 1. The van der Waals surface area contributed by atoms with E-state index in [0.717, 1.165) is 37.3 Å². The third kappa shape index (κ3) is 3.33. The Labute approximate surface area is 114 Å². The predicted octanol–water partition coefficient (Wildman–Crippen LogP) is 1.05. The van der Waals surface area contributed by atoms with Crippen LogP contribution in [0.3, 0.4) is 0 Å². The number of aliphatic hydroxyl groups excluding tert-OH is 1. The summed E-state index contributed by atoms with van der Waals surface area (Å²) >= 11 is 0. The quantitative estimate of drug-likeness (QED) is 0.885. The largest absolute Gasteiger partial charge is 0.395 e. The van der Waals surface area contributed by atoms with E-state index in [1.165, 1.54) is 5.56 Å². The van der Waals surface area contributed by atoms with Crippen LogP contribution in [-0.4, -0.2) is 60.1 Å². The summed E-state index contributed by atoms with van der Waals surface area (Å²) in [7, 11) is 0. The van der Waals surface area contributed by atoms with Crippen molar-refractivity contribution in [3.63, 3.8) is 0 Å². The smallest absolute Gasteiger partial charge is 0.254 e. The summed E-state index contributed by atoms with van der Waals surface area (Å²) < 4.78 is 0. The maximum absolute atomic E-state index is 12.5. The summed E-state index contributed by atoms with van der Waals surface area (Å²) in [4.78, 5) is 16.5. The molecule has 19 heavy (non-hydrogen) atoms. The molecule has 0 bridgehead atoms. The Morgan fingerprint density at radius 3 is 2.47 bits per heavy atom. The van der Waals surface area contributed by atoms with Gasteiger partial charge in [0.1, 0.15) is 0 Å². The van der Waals surface area contributed by atoms with Crippen LogP contribution in [0.2, 0.25) is 0 Å². The van der Waals surface area contributed by atoms with Gasteiger partial charge in [0.05, 0.1) is 6.61 Å². The first-order valence-electron chi connectivity index (χ1n) is 6.81. The highest BCUT2D eigenvalue weighted by Crippen LogP contribution is 2.14. The summed E-state index contributed by atoms with van der Waals surface area (Å²) in [5, 5.41) is 8.91. The molecule has 0 atom stereocenters. The lowest BCUT2D eigenvalue weighted by atomic mass is 10.0. The average molecular weight is 262 g/mol. The zero-order valence-corrected chi connectivity index (χ0v) is 11.7. The fourth-order valence-corrected chi connectivity index (χ4v) is 2.54. The molecule has 4 nitrogen and oxygen atoms in total. The maximum Gasteiger partial charge on any atom is 0.254 e. The Morgan fingerprint density at radius 2 is 1.89 bits per heavy atom. The minimum absolute atomic E-state index is 0.126. The first-order chi connectivity index (χ1) is 9.11. The molecule has 1 amide bonds. The van der Waals surface area contributed by atoms with Crippen molar-refractivity contribution in [2.45, 2.75) is 13.8 Å². The molecule has 1 aliphatic rings. The fraction of sp³-hybridized carbons (Fsp3) is 0.533. The number of β-amino-alcohol motifs (C(OH)–C–C–N with tert-alkyl or cyclic N) is 1. The van der Waals surface area contributed by atoms with E-state index in [9.17, 15) is 4.79 Å². The molecule has 1 saturated heterocycles. The lowest BCUT2D eigenvalue weighted by Gasteiger charge is -2.34. The summed E-state index contributed by atoms with van der Waals surface area (Å²) in [5.74, 6) is 0.126. The van der Waals surface area contributed by atoms with Gasteiger partial charge in [0.25, 0.3) is 5.91 Å². The third-order valence-electron chi connectivity index (χ3n) is 3.69. The van der Waals surface area contributed by atoms with Crippen molar-refractivity contribution in [1.82, 2.24) is 9.80 Å². The third-order valence-corrected chi connectivity index (χ3v) is 3.69. The van der Waals surface area contributed by atoms with Gasteiger partial charge in [0.15, 0.2) is 0 Å². The van der Waals surface area contributed by atoms with Gasteiger partial charge in [-0.25, -0.2) is 0 Å². The minimum Gasteiger partial charge on any atom is -0.395 e. The number of rotatable bonds is 3. The number of hydrogen-bond donors (Lipinski definition) is 1. The number of aryl methyl sites for hydroxylation is 2. The highest BCUT2D eigenvalue weighted by molar-refractivity contribution is 5.95. The lowest BCUT2D eigenvalue weighted by Crippen LogP contribution is -2.49. The van der Waals surface area contributed by atoms with Gasteiger partial charge in [0, 0.05) is 38.3 Å². The first-order valence-corrected chi connectivity index (χ1v) is 6.81. The lowest BCUT2D eigenvalue weighted by molar-refractivity contribution is 0.0614. The molecule has 1 aromatic carbocycles. The van der Waals surface area contributed by atoms with Crippen LogP contribution in [0, 0.1) is 13.8 Å². The molecule has 104 valence electrons. The molecule has 1 heterocycles. The first kappa shape index (κ1) is 14.0. The van der Waals surface area contributed by atoms with Crippen LogP contribution in [0.4, 0.5) is 0 Å². The SMILES string of the molecule is Cc1ccc(C(=O)N2CCN(CCO)CC2)c(C)c1. The van der Waals surface area contributed by atoms with E-state index >= 15 is 0 Å². The molecule has 0 unspecified atom stereocenters. The van der Waals surface area contributed by atoms with Crippen molar-refractivity contribution in [2.24, 2.45) is 0 Å². The molecule has 1 aliphatic heterocycles. The molecule has 1 fully saturated rings. The Kier molecular flexibility index (Phi) is 4.56. The number of hydrogen-bond acceptors (Lipinski definition) is 3. The van der Waals surface area contributed by atoms with Crippen molar-refractivity contribution < 1.29 is 9.90 Å². The van der Waals surface area contributed by atoms with Crippen LogP contribution in [0.1, 0.15) is 21.5 Å². The number of carbonyl (C=O) groups is 1. The number of piperazine rings is 1. The molecule has 1 N–H and O–H groups in total. The normalized spacial score (nSPS) is 16.7. The number of carbonyl (C=O) groups excluding carboxylic acids is 1. The van der Waals surface area contributed by atoms with Crippen molar-refractivity contribution in [1.29, 1.82) is 0 Å². The van der Waals surface area contributed by atoms with E-state index in [1.54, 1.807) is 0 Å². The Morgan fingerprint density at radius 1 is 1.21 bits per heavy atom. The zero-order valence-electron chi connectivity index (χ0n) is 11.7. The van der Waals surface area contributed by atoms with Gasteiger partial charge in [-0.15, -0.1) is 0 Å². The van der Waals surface area contributed by atoms with E-state index < -0.39 is 0 Å². The van der Waals surface area contributed by atoms with E-state index in [-0.39, 0.29) is 12.5 Å². The van der Waals surface area contributed by atoms with Crippen molar-refractivity contribution in [2.75, 3.05) is 39.3 Å². The number of benzene rings is 1. The topological polar surface area (TPSA) is 43.8 Å². The molecule has 0 aromatic heterocycles. The van der Waals surface area contributed by atoms with E-state index in [2.05, 4.69) is 11.0 Å². The van der Waals surface area contributed by atoms with Crippen LogP contribution >= 0.6 is 0 Å². The molecule has 2 rings (SSSR count). The van der Waals surface area contributed by atoms with Gasteiger partial charge >= 0.3 is 0 Å². The second-order valence-corrected chi connectivity index (χ2v) is 5.18. The zero-order chi connectivity index (χ0) is 13.8. The van der Waals surface area contributed by atoms with Gasteiger partial charge < -0.3 is 10.0 Å². The van der Waals surface area contributed by atoms with Crippen LogP contribution in [0.5, 0.6) is 0 Å². The summed E-state index contributed by atoms with van der Waals surface area (Å²) in [6.45, 7) is 8.08. The Balaban J connectivity index is 2.01. The van der Waals surface area contributed by atoms with Crippen LogP contribution in [0.25, 0.3) is 0 Å². The standard InChI is InChI=1S/C15H22N2O2/c1-12-3-4-14(13(2)11-12)15(19)17-7-5-16(6-8-17)9-10-18/h3-4,11,18H,5-10H2,1-2H3. The molecule has 0 radical (unpaired) electrons. The van der Waals surface area contributed by atoms with Gasteiger partial charge in [-0.1, -0.05) is 17.7 Å². The molecule has 1 aromatic rings. The maximum atomic E-state index is 12.5. The van der Waals surface area contributed by atoms with Gasteiger partial charge in [-0.3, -0.25) is 9.69 Å². The van der Waals surface area contributed by atoms with Gasteiger partial charge in [-0.2, -0.15) is 0 Å². The minimum atomic E-state index is 0.126. The Hall–Kier alpha value is -1.39. The van der Waals surface area contributed by atoms with Crippen LogP contribution in [0.15, 0.2) is 18.2 Å². The molecular formula is C15H22N2O2. The van der Waals surface area contributed by atoms with E-state index in [1.807, 2.05) is 30.9 Å². The molecule has 0 aliphatic carbocycles. The molecule has 0 spiro atoms. The Bertz CT molecular complexity index is 451. The highest BCUT2D eigenvalue weighted by atomic mass is 16.3. The van der Waals surface area contributed by atoms with Crippen molar-refractivity contribution in [3.8, 4) is 0 Å². The van der Waals surface area contributed by atoms with E-state index in [0.29, 0.717) is 6.54 Å². The van der Waals surface area contributed by atoms with Gasteiger partial charge in [-0.05, 0) is 25.5 Å². The van der Waals surface area contributed by atoms with Gasteiger partial charge in [0.2, 0.25) is 0 Å².